The molecule has 1 aliphatic carbocycles. The number of aromatic nitrogens is 3. The van der Waals surface area contributed by atoms with E-state index < -0.39 is 0 Å². The number of nitrogens with one attached hydrogen (secondary N) is 3. The van der Waals surface area contributed by atoms with Crippen LogP contribution in [0.1, 0.15) is 59.4 Å². The monoisotopic (exact) mass is 467 g/mol. The minimum absolute atomic E-state index is 0.0332. The Bertz CT molecular complexity index is 1400. The topological polar surface area (TPSA) is 103 Å². The van der Waals surface area contributed by atoms with Crippen molar-refractivity contribution in [2.75, 3.05) is 13.1 Å². The second-order valence-electron chi connectivity index (χ2n) is 9.70. The summed E-state index contributed by atoms with van der Waals surface area (Å²) >= 11 is 0. The highest BCUT2D eigenvalue weighted by molar-refractivity contribution is 6.07. The van der Waals surface area contributed by atoms with Crippen LogP contribution in [0.5, 0.6) is 5.75 Å². The molecule has 1 atom stereocenters. The van der Waals surface area contributed by atoms with Crippen molar-refractivity contribution in [1.82, 2.24) is 25.8 Å². The van der Waals surface area contributed by atoms with Crippen LogP contribution in [0.4, 0.5) is 0 Å². The molecular formula is C28H29N5O2. The standard InChI is InChI=1S/C28H29N5O2/c1-2-22-25-20(15-23(30-26(25)33-32-22)17-7-9-18(34)10-8-17)27(35)31-24-16-28(11-13-29-14-12-28)21-6-4-3-5-19(21)24/h3-10,15,24,29,34H,2,11-14,16H2,1H3,(H,31,35)(H,30,32,33). The van der Waals surface area contributed by atoms with Gasteiger partial charge in [0, 0.05) is 16.7 Å². The highest BCUT2D eigenvalue weighted by Crippen LogP contribution is 2.50. The number of carbonyl (C=O) groups is 1. The predicted molar refractivity (Wildman–Crippen MR) is 135 cm³/mol. The fraction of sp³-hybridized carbons (Fsp3) is 0.321. The van der Waals surface area contributed by atoms with Gasteiger partial charge in [0.1, 0.15) is 5.75 Å². The molecule has 0 radical (unpaired) electrons. The Morgan fingerprint density at radius 2 is 1.91 bits per heavy atom. The molecule has 6 rings (SSSR count). The smallest absolute Gasteiger partial charge is 0.252 e. The highest BCUT2D eigenvalue weighted by Gasteiger charge is 2.44. The van der Waals surface area contributed by atoms with E-state index in [1.165, 1.54) is 11.1 Å². The van der Waals surface area contributed by atoms with E-state index in [-0.39, 0.29) is 23.1 Å². The zero-order valence-corrected chi connectivity index (χ0v) is 19.8. The van der Waals surface area contributed by atoms with E-state index in [0.29, 0.717) is 16.9 Å². The quantitative estimate of drug-likeness (QED) is 0.357. The van der Waals surface area contributed by atoms with Crippen LogP contribution in [-0.2, 0) is 11.8 Å². The van der Waals surface area contributed by atoms with Crippen LogP contribution in [0.2, 0.25) is 0 Å². The summed E-state index contributed by atoms with van der Waals surface area (Å²) in [6.45, 7) is 4.05. The summed E-state index contributed by atoms with van der Waals surface area (Å²) in [7, 11) is 0. The third-order valence-electron chi connectivity index (χ3n) is 7.73. The van der Waals surface area contributed by atoms with Crippen molar-refractivity contribution in [3.63, 3.8) is 0 Å². The Morgan fingerprint density at radius 1 is 1.14 bits per heavy atom. The molecule has 0 saturated carbocycles. The fourth-order valence-corrected chi connectivity index (χ4v) is 5.94. The zero-order chi connectivity index (χ0) is 24.0. The maximum Gasteiger partial charge on any atom is 0.252 e. The Kier molecular flexibility index (Phi) is 5.29. The van der Waals surface area contributed by atoms with E-state index >= 15 is 0 Å². The Hall–Kier alpha value is -3.71. The van der Waals surface area contributed by atoms with Crippen LogP contribution in [0, 0.1) is 0 Å². The molecule has 2 aliphatic rings. The van der Waals surface area contributed by atoms with Crippen LogP contribution in [0.3, 0.4) is 0 Å². The number of hydrogen-bond donors (Lipinski definition) is 4. The van der Waals surface area contributed by atoms with Gasteiger partial charge in [-0.25, -0.2) is 4.98 Å². The van der Waals surface area contributed by atoms with Crippen LogP contribution < -0.4 is 10.6 Å². The van der Waals surface area contributed by atoms with Crippen molar-refractivity contribution >= 4 is 16.9 Å². The summed E-state index contributed by atoms with van der Waals surface area (Å²) in [6.07, 6.45) is 3.81. The van der Waals surface area contributed by atoms with Crippen molar-refractivity contribution < 1.29 is 9.90 Å². The number of hydrogen-bond acceptors (Lipinski definition) is 5. The normalized spacial score (nSPS) is 18.6. The first-order valence-electron chi connectivity index (χ1n) is 12.4. The van der Waals surface area contributed by atoms with Gasteiger partial charge in [-0.3, -0.25) is 9.89 Å². The second-order valence-corrected chi connectivity index (χ2v) is 9.70. The van der Waals surface area contributed by atoms with Gasteiger partial charge in [0.2, 0.25) is 0 Å². The van der Waals surface area contributed by atoms with Gasteiger partial charge in [-0.1, -0.05) is 31.2 Å². The van der Waals surface area contributed by atoms with E-state index in [0.717, 1.165) is 55.4 Å². The van der Waals surface area contributed by atoms with Gasteiger partial charge in [-0.15, -0.1) is 0 Å². The van der Waals surface area contributed by atoms with Crippen LogP contribution in [0.25, 0.3) is 22.3 Å². The first-order chi connectivity index (χ1) is 17.1. The number of aromatic hydroxyl groups is 1. The first kappa shape index (κ1) is 21.8. The number of piperidine rings is 1. The van der Waals surface area contributed by atoms with Crippen molar-refractivity contribution in [1.29, 1.82) is 0 Å². The minimum Gasteiger partial charge on any atom is -0.508 e. The zero-order valence-electron chi connectivity index (χ0n) is 19.8. The average molecular weight is 468 g/mol. The Morgan fingerprint density at radius 3 is 2.69 bits per heavy atom. The third-order valence-corrected chi connectivity index (χ3v) is 7.73. The number of aromatic amines is 1. The minimum atomic E-state index is -0.112. The third kappa shape index (κ3) is 3.67. The molecule has 4 N–H and O–H groups in total. The van der Waals surface area contributed by atoms with Crippen LogP contribution in [-0.4, -0.2) is 39.3 Å². The summed E-state index contributed by atoms with van der Waals surface area (Å²) in [5.41, 5.74) is 6.21. The number of H-pyrrole nitrogens is 1. The highest BCUT2D eigenvalue weighted by atomic mass is 16.3. The summed E-state index contributed by atoms with van der Waals surface area (Å²) in [5, 5.41) is 24.8. The molecule has 1 unspecified atom stereocenters. The van der Waals surface area contributed by atoms with Crippen molar-refractivity contribution in [2.45, 2.75) is 44.1 Å². The van der Waals surface area contributed by atoms with Gasteiger partial charge in [-0.05, 0) is 80.2 Å². The maximum absolute atomic E-state index is 13.9. The number of phenols is 1. The first-order valence-corrected chi connectivity index (χ1v) is 12.4. The number of rotatable bonds is 4. The van der Waals surface area contributed by atoms with Crippen molar-refractivity contribution in [3.8, 4) is 17.0 Å². The molecule has 1 spiro atoms. The van der Waals surface area contributed by atoms with Crippen LogP contribution >= 0.6 is 0 Å². The molecule has 2 aromatic carbocycles. The summed E-state index contributed by atoms with van der Waals surface area (Å²) in [4.78, 5) is 18.6. The van der Waals surface area contributed by atoms with Crippen molar-refractivity contribution in [2.24, 2.45) is 0 Å². The van der Waals surface area contributed by atoms with E-state index in [1.807, 2.05) is 13.0 Å². The Labute approximate surface area is 204 Å². The van der Waals surface area contributed by atoms with Crippen molar-refractivity contribution in [3.05, 3.63) is 77.0 Å². The van der Waals surface area contributed by atoms with Gasteiger partial charge < -0.3 is 15.7 Å². The van der Waals surface area contributed by atoms with E-state index in [9.17, 15) is 9.90 Å². The molecule has 1 saturated heterocycles. The number of benzene rings is 2. The molecule has 7 nitrogen and oxygen atoms in total. The lowest BCUT2D eigenvalue weighted by Crippen LogP contribution is -2.39. The lowest BCUT2D eigenvalue weighted by atomic mass is 9.74. The lowest BCUT2D eigenvalue weighted by molar-refractivity contribution is 0.0933. The average Bonchev–Trinajstić information content (AvgIpc) is 3.43. The summed E-state index contributed by atoms with van der Waals surface area (Å²) in [5.74, 6) is 0.0758. The molecule has 7 heteroatoms. The number of phenolic OH excluding ortho intramolecular Hbond substituents is 1. The number of carbonyl (C=O) groups excluding carboxylic acids is 1. The van der Waals surface area contributed by atoms with E-state index in [2.05, 4.69) is 45.1 Å². The van der Waals surface area contributed by atoms with Gasteiger partial charge in [0.15, 0.2) is 5.65 Å². The molecule has 3 heterocycles. The molecule has 1 aliphatic heterocycles. The number of fused-ring (bicyclic) bond motifs is 3. The summed E-state index contributed by atoms with van der Waals surface area (Å²) < 4.78 is 0. The number of nitrogens with zero attached hydrogens (tertiary/aromatic N) is 2. The van der Waals surface area contributed by atoms with Crippen LogP contribution in [0.15, 0.2) is 54.6 Å². The molecule has 2 aromatic heterocycles. The fourth-order valence-electron chi connectivity index (χ4n) is 5.94. The molecule has 1 amide bonds. The lowest BCUT2D eigenvalue weighted by Gasteiger charge is -2.35. The number of aryl methyl sites for hydroxylation is 1. The summed E-state index contributed by atoms with van der Waals surface area (Å²) in [6, 6.07) is 17.2. The Balaban J connectivity index is 1.39. The molecular weight excluding hydrogens is 438 g/mol. The maximum atomic E-state index is 13.9. The van der Waals surface area contributed by atoms with Gasteiger partial charge in [-0.2, -0.15) is 5.10 Å². The molecule has 178 valence electrons. The SMILES string of the molecule is CCc1[nH]nc2nc(-c3ccc(O)cc3)cc(C(=O)NC3CC4(CCNCC4)c4ccccc43)c12. The molecule has 35 heavy (non-hydrogen) atoms. The molecule has 1 fully saturated rings. The number of amides is 1. The van der Waals surface area contributed by atoms with Gasteiger partial charge in [0.25, 0.3) is 5.91 Å². The predicted octanol–water partition coefficient (Wildman–Crippen LogP) is 4.39. The molecule has 4 aromatic rings. The van der Waals surface area contributed by atoms with E-state index in [4.69, 9.17) is 4.98 Å². The second kappa shape index (κ2) is 8.50. The number of pyridine rings is 1. The van der Waals surface area contributed by atoms with Gasteiger partial charge >= 0.3 is 0 Å². The molecule has 0 bridgehead atoms. The van der Waals surface area contributed by atoms with Gasteiger partial charge in [0.05, 0.1) is 22.7 Å². The van der Waals surface area contributed by atoms with E-state index in [1.54, 1.807) is 24.3 Å². The largest absolute Gasteiger partial charge is 0.508 e.